The molecule has 7 aliphatic rings. The van der Waals surface area contributed by atoms with Gasteiger partial charge >= 0.3 is 5.97 Å². The molecule has 0 aromatic rings. The van der Waals surface area contributed by atoms with Gasteiger partial charge in [0.05, 0.1) is 34.9 Å². The van der Waals surface area contributed by atoms with Gasteiger partial charge in [0.15, 0.2) is 12.1 Å². The highest BCUT2D eigenvalue weighted by Gasteiger charge is 2.71. The first-order valence-corrected chi connectivity index (χ1v) is 16.3. The minimum absolute atomic E-state index is 0.0744. The fraction of sp³-hybridized carbons (Fsp3) is 0.879. The van der Waals surface area contributed by atoms with E-state index in [0.29, 0.717) is 51.6 Å². The molecule has 4 aliphatic carbocycles. The number of hydrogen-bond donors (Lipinski definition) is 2. The van der Waals surface area contributed by atoms with Crippen LogP contribution in [0.1, 0.15) is 98.3 Å². The quantitative estimate of drug-likeness (QED) is 0.279. The Bertz CT molecular complexity index is 1160. The summed E-state index contributed by atoms with van der Waals surface area (Å²) in [5, 5.41) is 24.7. The molecule has 234 valence electrons. The van der Waals surface area contributed by atoms with Crippen molar-refractivity contribution in [3.63, 3.8) is 0 Å². The van der Waals surface area contributed by atoms with Gasteiger partial charge in [0.25, 0.3) is 0 Å². The summed E-state index contributed by atoms with van der Waals surface area (Å²) in [4.78, 5) is 25.0. The summed E-state index contributed by atoms with van der Waals surface area (Å²) >= 11 is 0. The van der Waals surface area contributed by atoms with Gasteiger partial charge in [-0.1, -0.05) is 13.8 Å². The normalized spacial score (nSPS) is 55.2. The van der Waals surface area contributed by atoms with Crippen LogP contribution in [0, 0.1) is 28.6 Å². The van der Waals surface area contributed by atoms with E-state index < -0.39 is 28.7 Å². The molecule has 2 saturated heterocycles. The molecule has 0 aromatic carbocycles. The number of aldehydes is 1. The van der Waals surface area contributed by atoms with Crippen molar-refractivity contribution < 1.29 is 43.5 Å². The van der Waals surface area contributed by atoms with Crippen molar-refractivity contribution in [1.29, 1.82) is 0 Å². The van der Waals surface area contributed by atoms with Gasteiger partial charge in [-0.3, -0.25) is 0 Å². The van der Waals surface area contributed by atoms with Gasteiger partial charge in [-0.25, -0.2) is 4.79 Å². The van der Waals surface area contributed by atoms with Gasteiger partial charge < -0.3 is 38.7 Å². The molecule has 0 spiro atoms. The Labute approximate surface area is 248 Å². The van der Waals surface area contributed by atoms with Crippen LogP contribution in [0.25, 0.3) is 0 Å². The standard InChI is InChI=1S/C33H48O9/c1-5-30(4)41-25-15-27(39-19(2)28(25)42-30)40-21-6-11-31(18-34)23-7-10-29(3)22(20-14-26(35)38-17-20)9-13-33(29,37)24(23)8-12-32(31,36)16-21/h14,18-19,21-25,27-28,36-37H,5-13,15-17H2,1-4H3/t19-,21+,22-,23+,24-,25+,27+,28+,29-,30-,31+,32+,33+/m1/s1. The summed E-state index contributed by atoms with van der Waals surface area (Å²) in [5.74, 6) is -0.980. The monoisotopic (exact) mass is 588 g/mol. The fourth-order valence-electron chi connectivity index (χ4n) is 10.8. The van der Waals surface area contributed by atoms with Gasteiger partial charge in [0.1, 0.15) is 19.0 Å². The highest BCUT2D eigenvalue weighted by Crippen LogP contribution is 2.70. The second kappa shape index (κ2) is 9.82. The molecular weight excluding hydrogens is 540 g/mol. The SMILES string of the molecule is CC[C@@]1(C)O[C@@H]2[C@H](C[C@H](O[C@H]3CC[C@]4(C=O)[C@H]5CC[C@]6(C)[C@@H](C7=CC(=O)OC7)CC[C@]6(O)[C@@H]5CC[C@]4(O)C3)O[C@@H]2C)O1. The van der Waals surface area contributed by atoms with Gasteiger partial charge in [-0.15, -0.1) is 0 Å². The predicted molar refractivity (Wildman–Crippen MR) is 150 cm³/mol. The molecule has 0 radical (unpaired) electrons. The summed E-state index contributed by atoms with van der Waals surface area (Å²) in [5.41, 5.74) is -2.44. The van der Waals surface area contributed by atoms with Crippen LogP contribution in [0.15, 0.2) is 11.6 Å². The summed E-state index contributed by atoms with van der Waals surface area (Å²) in [6.07, 6.45) is 8.56. The minimum Gasteiger partial charge on any atom is -0.458 e. The molecule has 0 aromatic heterocycles. The van der Waals surface area contributed by atoms with Gasteiger partial charge in [-0.05, 0) is 95.0 Å². The van der Waals surface area contributed by atoms with E-state index in [4.69, 9.17) is 23.7 Å². The van der Waals surface area contributed by atoms with E-state index in [9.17, 15) is 19.8 Å². The lowest BCUT2D eigenvalue weighted by molar-refractivity contribution is -0.278. The van der Waals surface area contributed by atoms with Gasteiger partial charge in [0.2, 0.25) is 0 Å². The maximum absolute atomic E-state index is 13.1. The van der Waals surface area contributed by atoms with Gasteiger partial charge in [0, 0.05) is 24.3 Å². The number of hydrogen-bond acceptors (Lipinski definition) is 9. The van der Waals surface area contributed by atoms with E-state index in [2.05, 4.69) is 6.92 Å². The third-order valence-electron chi connectivity index (χ3n) is 13.2. The van der Waals surface area contributed by atoms with Gasteiger partial charge in [-0.2, -0.15) is 0 Å². The molecule has 9 heteroatoms. The molecule has 2 N–H and O–H groups in total. The Morgan fingerprint density at radius 2 is 1.83 bits per heavy atom. The van der Waals surface area contributed by atoms with E-state index in [0.717, 1.165) is 37.5 Å². The Kier molecular flexibility index (Phi) is 6.86. The zero-order valence-electron chi connectivity index (χ0n) is 25.5. The lowest BCUT2D eigenvalue weighted by Crippen LogP contribution is -2.69. The Morgan fingerprint density at radius 3 is 2.55 bits per heavy atom. The Balaban J connectivity index is 1.07. The molecule has 7 rings (SSSR count). The van der Waals surface area contributed by atoms with Crippen molar-refractivity contribution in [3.8, 4) is 0 Å². The molecule has 0 bridgehead atoms. The van der Waals surface area contributed by atoms with Crippen LogP contribution in [0.5, 0.6) is 0 Å². The molecule has 3 aliphatic heterocycles. The summed E-state index contributed by atoms with van der Waals surface area (Å²) in [6.45, 7) is 8.49. The number of carbonyl (C=O) groups is 2. The number of fused-ring (bicyclic) bond motifs is 6. The van der Waals surface area contributed by atoms with Crippen molar-refractivity contribution >= 4 is 12.3 Å². The van der Waals surface area contributed by atoms with Crippen LogP contribution in [-0.2, 0) is 33.3 Å². The molecule has 0 amide bonds. The molecule has 6 fully saturated rings. The Morgan fingerprint density at radius 1 is 1.05 bits per heavy atom. The lowest BCUT2D eigenvalue weighted by Gasteiger charge is -2.65. The number of cyclic esters (lactones) is 1. The first-order chi connectivity index (χ1) is 19.9. The van der Waals surface area contributed by atoms with Crippen LogP contribution >= 0.6 is 0 Å². The zero-order valence-corrected chi connectivity index (χ0v) is 25.5. The van der Waals surface area contributed by atoms with Crippen molar-refractivity contribution in [3.05, 3.63) is 11.6 Å². The fourth-order valence-corrected chi connectivity index (χ4v) is 10.8. The number of carbonyl (C=O) groups excluding carboxylic acids is 2. The summed E-state index contributed by atoms with van der Waals surface area (Å²) in [7, 11) is 0. The molecule has 42 heavy (non-hydrogen) atoms. The third-order valence-corrected chi connectivity index (χ3v) is 13.2. The average molecular weight is 589 g/mol. The van der Waals surface area contributed by atoms with Crippen molar-refractivity contribution in [2.24, 2.45) is 28.6 Å². The number of rotatable bonds is 5. The maximum Gasteiger partial charge on any atom is 0.331 e. The van der Waals surface area contributed by atoms with E-state index in [1.165, 1.54) is 0 Å². The molecule has 13 atom stereocenters. The van der Waals surface area contributed by atoms with Crippen molar-refractivity contribution in [2.45, 2.75) is 146 Å². The lowest BCUT2D eigenvalue weighted by atomic mass is 9.41. The smallest absolute Gasteiger partial charge is 0.331 e. The second-order valence-electron chi connectivity index (χ2n) is 15.0. The second-order valence-corrected chi connectivity index (χ2v) is 15.0. The molecule has 3 heterocycles. The summed E-state index contributed by atoms with van der Waals surface area (Å²) in [6, 6.07) is 0. The number of esters is 1. The first kappa shape index (κ1) is 29.4. The van der Waals surface area contributed by atoms with E-state index in [1.807, 2.05) is 20.8 Å². The molecule has 0 unspecified atom stereocenters. The summed E-state index contributed by atoms with van der Waals surface area (Å²) < 4.78 is 30.4. The van der Waals surface area contributed by atoms with E-state index >= 15 is 0 Å². The van der Waals surface area contributed by atoms with Crippen LogP contribution < -0.4 is 0 Å². The topological polar surface area (TPSA) is 121 Å². The third kappa shape index (κ3) is 4.02. The van der Waals surface area contributed by atoms with Crippen LogP contribution in [-0.4, -0.2) is 76.8 Å². The molecule has 4 saturated carbocycles. The van der Waals surface area contributed by atoms with Crippen LogP contribution in [0.4, 0.5) is 0 Å². The highest BCUT2D eigenvalue weighted by atomic mass is 16.8. The first-order valence-electron chi connectivity index (χ1n) is 16.3. The zero-order chi connectivity index (χ0) is 29.7. The average Bonchev–Trinajstić information content (AvgIpc) is 3.61. The Hall–Kier alpha value is -1.36. The van der Waals surface area contributed by atoms with Crippen LogP contribution in [0.2, 0.25) is 0 Å². The minimum atomic E-state index is -1.19. The number of ether oxygens (including phenoxy) is 5. The predicted octanol–water partition coefficient (Wildman–Crippen LogP) is 3.97. The van der Waals surface area contributed by atoms with Crippen molar-refractivity contribution in [2.75, 3.05) is 6.61 Å². The van der Waals surface area contributed by atoms with E-state index in [1.54, 1.807) is 6.08 Å². The maximum atomic E-state index is 13.1. The molecular formula is C33H48O9. The molecule has 9 nitrogen and oxygen atoms in total. The highest BCUT2D eigenvalue weighted by molar-refractivity contribution is 5.85. The van der Waals surface area contributed by atoms with Crippen LogP contribution in [0.3, 0.4) is 0 Å². The van der Waals surface area contributed by atoms with E-state index in [-0.39, 0.29) is 53.6 Å². The largest absolute Gasteiger partial charge is 0.458 e. The van der Waals surface area contributed by atoms with Crippen molar-refractivity contribution in [1.82, 2.24) is 0 Å². The number of aliphatic hydroxyl groups is 2.